The van der Waals surface area contributed by atoms with E-state index >= 15 is 0 Å². The van der Waals surface area contributed by atoms with Crippen molar-refractivity contribution in [3.8, 4) is 0 Å². The van der Waals surface area contributed by atoms with Crippen LogP contribution in [0.4, 0.5) is 11.4 Å². The maximum atomic E-state index is 12.1. The Morgan fingerprint density at radius 1 is 1.24 bits per heavy atom. The van der Waals surface area contributed by atoms with Gasteiger partial charge in [0.1, 0.15) is 4.90 Å². The largest absolute Gasteiger partial charge is 0.396 e. The highest BCUT2D eigenvalue weighted by molar-refractivity contribution is 7.89. The van der Waals surface area contributed by atoms with Gasteiger partial charge in [-0.15, -0.1) is 0 Å². The van der Waals surface area contributed by atoms with Gasteiger partial charge < -0.3 is 20.5 Å². The molecule has 8 heteroatoms. The number of methoxy groups -OCH3 is 1. The van der Waals surface area contributed by atoms with Crippen LogP contribution in [0.15, 0.2) is 23.1 Å². The Bertz CT molecular complexity index is 546. The first-order chi connectivity index (χ1) is 9.91. The summed E-state index contributed by atoms with van der Waals surface area (Å²) in [6.45, 7) is 2.06. The molecule has 0 heterocycles. The predicted molar refractivity (Wildman–Crippen MR) is 82.9 cm³/mol. The average Bonchev–Trinajstić information content (AvgIpc) is 2.43. The molecule has 21 heavy (non-hydrogen) atoms. The SMILES string of the molecule is COCCOCCNc1cccc(S(=O)(=O)N(C)C)c1N. The minimum absolute atomic E-state index is 0.0952. The Morgan fingerprint density at radius 2 is 1.95 bits per heavy atom. The molecule has 0 unspecified atom stereocenters. The van der Waals surface area contributed by atoms with E-state index in [-0.39, 0.29) is 10.6 Å². The molecule has 0 radical (unpaired) electrons. The van der Waals surface area contributed by atoms with Crippen LogP contribution in [0.2, 0.25) is 0 Å². The van der Waals surface area contributed by atoms with E-state index in [1.54, 1.807) is 19.2 Å². The lowest BCUT2D eigenvalue weighted by atomic mass is 10.2. The number of nitrogens with two attached hydrogens (primary N) is 1. The number of ether oxygens (including phenoxy) is 2. The van der Waals surface area contributed by atoms with Crippen molar-refractivity contribution in [2.45, 2.75) is 4.90 Å². The zero-order chi connectivity index (χ0) is 15.9. The van der Waals surface area contributed by atoms with E-state index in [9.17, 15) is 8.42 Å². The van der Waals surface area contributed by atoms with Crippen LogP contribution in [0.3, 0.4) is 0 Å². The Balaban J connectivity index is 2.69. The molecule has 1 aromatic rings. The molecule has 0 aliphatic carbocycles. The summed E-state index contributed by atoms with van der Waals surface area (Å²) in [4.78, 5) is 0.0952. The minimum atomic E-state index is -3.55. The minimum Gasteiger partial charge on any atom is -0.396 e. The molecule has 0 fully saturated rings. The molecular formula is C13H23N3O4S. The smallest absolute Gasteiger partial charge is 0.244 e. The molecule has 0 saturated heterocycles. The van der Waals surface area contributed by atoms with Crippen molar-refractivity contribution in [1.29, 1.82) is 0 Å². The summed E-state index contributed by atoms with van der Waals surface area (Å²) in [6.07, 6.45) is 0. The van der Waals surface area contributed by atoms with Gasteiger partial charge in [0.2, 0.25) is 10.0 Å². The zero-order valence-corrected chi connectivity index (χ0v) is 13.4. The Morgan fingerprint density at radius 3 is 2.57 bits per heavy atom. The van der Waals surface area contributed by atoms with Gasteiger partial charge in [-0.2, -0.15) is 0 Å². The van der Waals surface area contributed by atoms with Crippen LogP contribution in [0.5, 0.6) is 0 Å². The number of para-hydroxylation sites is 1. The fraction of sp³-hybridized carbons (Fsp3) is 0.538. The molecule has 0 aliphatic rings. The van der Waals surface area contributed by atoms with Crippen LogP contribution in [0.25, 0.3) is 0 Å². The van der Waals surface area contributed by atoms with E-state index in [4.69, 9.17) is 15.2 Å². The van der Waals surface area contributed by atoms with E-state index in [1.807, 2.05) is 0 Å². The lowest BCUT2D eigenvalue weighted by Crippen LogP contribution is -2.23. The summed E-state index contributed by atoms with van der Waals surface area (Å²) in [7, 11) is 0.999. The van der Waals surface area contributed by atoms with Gasteiger partial charge in [-0.05, 0) is 12.1 Å². The number of nitrogens with one attached hydrogen (secondary N) is 1. The molecule has 1 aromatic carbocycles. The molecule has 0 aromatic heterocycles. The first-order valence-corrected chi connectivity index (χ1v) is 7.97. The average molecular weight is 317 g/mol. The van der Waals surface area contributed by atoms with E-state index in [0.717, 1.165) is 4.31 Å². The molecule has 0 aliphatic heterocycles. The van der Waals surface area contributed by atoms with Crippen molar-refractivity contribution in [1.82, 2.24) is 4.31 Å². The second kappa shape index (κ2) is 8.18. The van der Waals surface area contributed by atoms with Crippen LogP contribution in [-0.2, 0) is 19.5 Å². The number of nitrogen functional groups attached to an aromatic ring is 1. The van der Waals surface area contributed by atoms with Crippen molar-refractivity contribution in [3.05, 3.63) is 18.2 Å². The summed E-state index contributed by atoms with van der Waals surface area (Å²) in [5.41, 5.74) is 6.73. The topological polar surface area (TPSA) is 93.9 Å². The summed E-state index contributed by atoms with van der Waals surface area (Å²) in [5, 5.41) is 3.07. The van der Waals surface area contributed by atoms with Gasteiger partial charge in [-0.1, -0.05) is 6.07 Å². The molecule has 0 bridgehead atoms. The van der Waals surface area contributed by atoms with Crippen molar-refractivity contribution >= 4 is 21.4 Å². The molecule has 120 valence electrons. The molecule has 0 spiro atoms. The highest BCUT2D eigenvalue weighted by Crippen LogP contribution is 2.27. The van der Waals surface area contributed by atoms with E-state index in [2.05, 4.69) is 5.32 Å². The fourth-order valence-corrected chi connectivity index (χ4v) is 2.65. The lowest BCUT2D eigenvalue weighted by Gasteiger charge is -2.16. The van der Waals surface area contributed by atoms with Crippen molar-refractivity contribution in [2.75, 3.05) is 58.6 Å². The van der Waals surface area contributed by atoms with Gasteiger partial charge in [0.15, 0.2) is 0 Å². The van der Waals surface area contributed by atoms with Crippen LogP contribution < -0.4 is 11.1 Å². The lowest BCUT2D eigenvalue weighted by molar-refractivity contribution is 0.0759. The molecule has 3 N–H and O–H groups in total. The van der Waals surface area contributed by atoms with Gasteiger partial charge in [0, 0.05) is 27.7 Å². The molecule has 0 amide bonds. The van der Waals surface area contributed by atoms with Crippen LogP contribution in [0, 0.1) is 0 Å². The zero-order valence-electron chi connectivity index (χ0n) is 12.6. The predicted octanol–water partition coefficient (Wildman–Crippen LogP) is 0.594. The Kier molecular flexibility index (Phi) is 6.90. The number of nitrogens with zero attached hydrogens (tertiary/aromatic N) is 1. The number of rotatable bonds is 9. The normalized spacial score (nSPS) is 11.8. The third-order valence-corrected chi connectivity index (χ3v) is 4.69. The molecular weight excluding hydrogens is 294 g/mol. The van der Waals surface area contributed by atoms with Gasteiger partial charge in [-0.25, -0.2) is 12.7 Å². The highest BCUT2D eigenvalue weighted by atomic mass is 32.2. The van der Waals surface area contributed by atoms with E-state index in [1.165, 1.54) is 20.2 Å². The maximum Gasteiger partial charge on any atom is 0.244 e. The van der Waals surface area contributed by atoms with Gasteiger partial charge >= 0.3 is 0 Å². The third-order valence-electron chi connectivity index (χ3n) is 2.82. The monoisotopic (exact) mass is 317 g/mol. The van der Waals surface area contributed by atoms with Crippen molar-refractivity contribution in [2.24, 2.45) is 0 Å². The quantitative estimate of drug-likeness (QED) is 0.511. The molecule has 0 atom stereocenters. The number of hydrogen-bond donors (Lipinski definition) is 2. The number of sulfonamides is 1. The maximum absolute atomic E-state index is 12.1. The first-order valence-electron chi connectivity index (χ1n) is 6.52. The standard InChI is InChI=1S/C13H23N3O4S/c1-16(2)21(17,18)12-6-4-5-11(13(12)14)15-7-8-20-10-9-19-3/h4-6,15H,7-10,14H2,1-3H3. The number of anilines is 2. The number of benzene rings is 1. The fourth-order valence-electron chi connectivity index (χ4n) is 1.62. The number of hydrogen-bond acceptors (Lipinski definition) is 6. The van der Waals surface area contributed by atoms with Crippen LogP contribution in [-0.4, -0.2) is 60.3 Å². The van der Waals surface area contributed by atoms with Gasteiger partial charge in [-0.3, -0.25) is 0 Å². The Labute approximate surface area is 126 Å². The van der Waals surface area contributed by atoms with Crippen molar-refractivity contribution in [3.63, 3.8) is 0 Å². The second-order valence-electron chi connectivity index (χ2n) is 4.54. The van der Waals surface area contributed by atoms with Gasteiger partial charge in [0.25, 0.3) is 0 Å². The second-order valence-corrected chi connectivity index (χ2v) is 6.66. The third kappa shape index (κ3) is 4.85. The van der Waals surface area contributed by atoms with E-state index < -0.39 is 10.0 Å². The summed E-state index contributed by atoms with van der Waals surface area (Å²) < 4.78 is 35.6. The molecule has 7 nitrogen and oxygen atoms in total. The molecule has 0 saturated carbocycles. The summed E-state index contributed by atoms with van der Waals surface area (Å²) in [6, 6.07) is 4.88. The van der Waals surface area contributed by atoms with Crippen LogP contribution >= 0.6 is 0 Å². The highest BCUT2D eigenvalue weighted by Gasteiger charge is 2.21. The Hall–Kier alpha value is -1.35. The summed E-state index contributed by atoms with van der Waals surface area (Å²) in [5.74, 6) is 0. The van der Waals surface area contributed by atoms with Gasteiger partial charge in [0.05, 0.1) is 31.2 Å². The first kappa shape index (κ1) is 17.7. The van der Waals surface area contributed by atoms with Crippen LogP contribution in [0.1, 0.15) is 0 Å². The van der Waals surface area contributed by atoms with E-state index in [0.29, 0.717) is 32.1 Å². The molecule has 1 rings (SSSR count). The van der Waals surface area contributed by atoms with Crippen molar-refractivity contribution < 1.29 is 17.9 Å². The summed E-state index contributed by atoms with van der Waals surface area (Å²) >= 11 is 0.